The van der Waals surface area contributed by atoms with Crippen molar-refractivity contribution in [1.29, 1.82) is 0 Å². The Morgan fingerprint density at radius 1 is 1.00 bits per heavy atom. The van der Waals surface area contributed by atoms with E-state index < -0.39 is 5.54 Å². The topological polar surface area (TPSA) is 67.6 Å². The van der Waals surface area contributed by atoms with Crippen molar-refractivity contribution in [3.05, 3.63) is 65.2 Å². The predicted molar refractivity (Wildman–Crippen MR) is 103 cm³/mol. The van der Waals surface area contributed by atoms with Crippen molar-refractivity contribution in [1.82, 2.24) is 4.90 Å². The van der Waals surface area contributed by atoms with Crippen molar-refractivity contribution < 1.29 is 0 Å². The first-order valence-electron chi connectivity index (χ1n) is 9.14. The molecule has 2 aliphatic heterocycles. The second-order valence-corrected chi connectivity index (χ2v) is 7.29. The lowest BCUT2D eigenvalue weighted by Crippen LogP contribution is -2.56. The number of nitrogens with two attached hydrogens (primary N) is 2. The lowest BCUT2D eigenvalue weighted by atomic mass is 9.76. The van der Waals surface area contributed by atoms with Gasteiger partial charge in [-0.15, -0.1) is 0 Å². The summed E-state index contributed by atoms with van der Waals surface area (Å²) < 4.78 is 0. The number of likely N-dealkylation sites (tertiary alicyclic amines) is 1. The number of nitrogens with zero attached hydrogens (tertiary/aromatic N) is 2. The Hall–Kier alpha value is -2.01. The van der Waals surface area contributed by atoms with Gasteiger partial charge in [0.05, 0.1) is 17.3 Å². The summed E-state index contributed by atoms with van der Waals surface area (Å²) in [6.45, 7) is 3.38. The van der Waals surface area contributed by atoms with Crippen LogP contribution in [-0.4, -0.2) is 30.2 Å². The average molecular weight is 334 g/mol. The second kappa shape index (κ2) is 6.71. The fraction of sp³-hybridized carbons (Fsp3) is 0.381. The van der Waals surface area contributed by atoms with Crippen molar-refractivity contribution in [2.24, 2.45) is 16.5 Å². The maximum absolute atomic E-state index is 6.89. The molecule has 0 bridgehead atoms. The third kappa shape index (κ3) is 3.13. The highest BCUT2D eigenvalue weighted by Crippen LogP contribution is 2.36. The van der Waals surface area contributed by atoms with Crippen LogP contribution in [0.4, 0.5) is 5.69 Å². The molecular weight excluding hydrogens is 308 g/mol. The summed E-state index contributed by atoms with van der Waals surface area (Å²) in [6, 6.07) is 16.4. The first kappa shape index (κ1) is 16.5. The van der Waals surface area contributed by atoms with Crippen LogP contribution in [-0.2, 0) is 18.5 Å². The third-order valence-electron chi connectivity index (χ3n) is 5.57. The summed E-state index contributed by atoms with van der Waals surface area (Å²) in [7, 11) is 0. The highest BCUT2D eigenvalue weighted by atomic mass is 15.1. The molecule has 4 heteroatoms. The monoisotopic (exact) mass is 334 g/mol. The number of para-hydroxylation sites is 1. The maximum Gasteiger partial charge on any atom is 0.0677 e. The number of rotatable bonds is 4. The number of fused-ring (bicyclic) bond motifs is 1. The number of hydrogen-bond donors (Lipinski definition) is 2. The molecule has 4 rings (SSSR count). The Bertz CT molecular complexity index is 779. The van der Waals surface area contributed by atoms with Crippen LogP contribution >= 0.6 is 0 Å². The van der Waals surface area contributed by atoms with Crippen LogP contribution in [0.15, 0.2) is 53.5 Å². The highest BCUT2D eigenvalue weighted by molar-refractivity contribution is 5.77. The third-order valence-corrected chi connectivity index (χ3v) is 5.57. The van der Waals surface area contributed by atoms with Gasteiger partial charge in [0.1, 0.15) is 0 Å². The predicted octanol–water partition coefficient (Wildman–Crippen LogP) is 2.72. The Kier molecular flexibility index (Phi) is 4.42. The van der Waals surface area contributed by atoms with E-state index in [4.69, 9.17) is 11.5 Å². The lowest BCUT2D eigenvalue weighted by Gasteiger charge is -2.38. The molecule has 0 spiro atoms. The average Bonchev–Trinajstić information content (AvgIpc) is 3.14. The summed E-state index contributed by atoms with van der Waals surface area (Å²) in [6.07, 6.45) is 5.13. The van der Waals surface area contributed by atoms with Gasteiger partial charge < -0.3 is 11.5 Å². The van der Waals surface area contributed by atoms with Gasteiger partial charge in [-0.2, -0.15) is 0 Å². The van der Waals surface area contributed by atoms with E-state index in [-0.39, 0.29) is 6.04 Å². The molecule has 1 fully saturated rings. The van der Waals surface area contributed by atoms with Crippen molar-refractivity contribution in [3.63, 3.8) is 0 Å². The van der Waals surface area contributed by atoms with E-state index in [1.165, 1.54) is 37.1 Å². The Labute approximate surface area is 149 Å². The van der Waals surface area contributed by atoms with Crippen molar-refractivity contribution >= 4 is 11.9 Å². The van der Waals surface area contributed by atoms with E-state index in [0.717, 1.165) is 24.2 Å². The van der Waals surface area contributed by atoms with E-state index in [0.29, 0.717) is 0 Å². The lowest BCUT2D eigenvalue weighted by molar-refractivity contribution is 0.328. The molecule has 2 unspecified atom stereocenters. The molecule has 4 nitrogen and oxygen atoms in total. The van der Waals surface area contributed by atoms with Crippen LogP contribution < -0.4 is 11.5 Å². The van der Waals surface area contributed by atoms with Gasteiger partial charge in [0, 0.05) is 12.8 Å². The minimum Gasteiger partial charge on any atom is -0.321 e. The molecular formula is C21H26N4. The van der Waals surface area contributed by atoms with Gasteiger partial charge in [-0.3, -0.25) is 9.89 Å². The van der Waals surface area contributed by atoms with E-state index in [1.54, 1.807) is 6.21 Å². The summed E-state index contributed by atoms with van der Waals surface area (Å²) >= 11 is 0. The first-order valence-corrected chi connectivity index (χ1v) is 9.14. The number of hydrogen-bond acceptors (Lipinski definition) is 4. The standard InChI is InChI=1S/C21H26N4/c22-20-14-24-19-10-4-3-9-18(19)21(20,23)13-16-7-1-2-8-17(16)15-25-11-5-6-12-25/h1-4,7-10,14,20H,5-6,11-13,15,22-23H2. The van der Waals surface area contributed by atoms with Crippen molar-refractivity contribution in [3.8, 4) is 0 Å². The molecule has 0 saturated carbocycles. The van der Waals surface area contributed by atoms with Crippen molar-refractivity contribution in [2.75, 3.05) is 13.1 Å². The van der Waals surface area contributed by atoms with Crippen LogP contribution in [0, 0.1) is 0 Å². The zero-order chi connectivity index (χ0) is 17.3. The highest BCUT2D eigenvalue weighted by Gasteiger charge is 2.38. The Morgan fingerprint density at radius 3 is 2.48 bits per heavy atom. The quantitative estimate of drug-likeness (QED) is 0.903. The smallest absolute Gasteiger partial charge is 0.0677 e. The molecule has 2 aliphatic rings. The van der Waals surface area contributed by atoms with Crippen LogP contribution in [0.5, 0.6) is 0 Å². The molecule has 2 atom stereocenters. The van der Waals surface area contributed by atoms with Crippen molar-refractivity contribution in [2.45, 2.75) is 37.4 Å². The molecule has 0 radical (unpaired) electrons. The summed E-state index contributed by atoms with van der Waals surface area (Å²) in [5, 5.41) is 0. The second-order valence-electron chi connectivity index (χ2n) is 7.29. The van der Waals surface area contributed by atoms with Gasteiger partial charge in [0.2, 0.25) is 0 Å². The molecule has 1 saturated heterocycles. The molecule has 0 aliphatic carbocycles. The van der Waals surface area contributed by atoms with E-state index in [2.05, 4.69) is 40.2 Å². The van der Waals surface area contributed by atoms with E-state index in [1.807, 2.05) is 18.2 Å². The normalized spacial score (nSPS) is 25.9. The molecule has 2 aromatic carbocycles. The fourth-order valence-electron chi connectivity index (χ4n) is 4.05. The molecule has 2 heterocycles. The summed E-state index contributed by atoms with van der Waals surface area (Å²) in [5.41, 5.74) is 17.3. The molecule has 0 amide bonds. The zero-order valence-corrected chi connectivity index (χ0v) is 14.6. The van der Waals surface area contributed by atoms with Crippen LogP contribution in [0.25, 0.3) is 0 Å². The van der Waals surface area contributed by atoms with Gasteiger partial charge in [-0.25, -0.2) is 0 Å². The molecule has 25 heavy (non-hydrogen) atoms. The number of benzene rings is 2. The summed E-state index contributed by atoms with van der Waals surface area (Å²) in [5.74, 6) is 0. The summed E-state index contributed by atoms with van der Waals surface area (Å²) in [4.78, 5) is 7.00. The minimum atomic E-state index is -0.626. The van der Waals surface area contributed by atoms with Crippen LogP contribution in [0.1, 0.15) is 29.5 Å². The number of aliphatic imine (C=N–C) groups is 1. The van der Waals surface area contributed by atoms with Gasteiger partial charge in [-0.1, -0.05) is 42.5 Å². The maximum atomic E-state index is 6.89. The SMILES string of the molecule is NC1C=Nc2ccccc2C1(N)Cc1ccccc1CN1CCCC1. The van der Waals surface area contributed by atoms with Gasteiger partial charge >= 0.3 is 0 Å². The molecule has 130 valence electrons. The van der Waals surface area contributed by atoms with Crippen LogP contribution in [0.3, 0.4) is 0 Å². The Balaban J connectivity index is 1.66. The fourth-order valence-corrected chi connectivity index (χ4v) is 4.05. The first-order chi connectivity index (χ1) is 12.2. The van der Waals surface area contributed by atoms with E-state index >= 15 is 0 Å². The van der Waals surface area contributed by atoms with Gasteiger partial charge in [0.15, 0.2) is 0 Å². The van der Waals surface area contributed by atoms with Gasteiger partial charge in [0.25, 0.3) is 0 Å². The zero-order valence-electron chi connectivity index (χ0n) is 14.6. The minimum absolute atomic E-state index is 0.290. The van der Waals surface area contributed by atoms with Crippen LogP contribution in [0.2, 0.25) is 0 Å². The van der Waals surface area contributed by atoms with E-state index in [9.17, 15) is 0 Å². The van der Waals surface area contributed by atoms with Gasteiger partial charge in [-0.05, 0) is 55.1 Å². The molecule has 2 aromatic rings. The molecule has 0 aromatic heterocycles. The largest absolute Gasteiger partial charge is 0.321 e. The molecule has 4 N–H and O–H groups in total. The Morgan fingerprint density at radius 2 is 1.68 bits per heavy atom.